The normalized spacial score (nSPS) is 23.4. The average molecular weight is 494 g/mol. The number of rotatable bonds is 6. The van der Waals surface area contributed by atoms with Crippen LogP contribution in [0.5, 0.6) is 0 Å². The van der Waals surface area contributed by atoms with Crippen LogP contribution in [0.4, 0.5) is 0 Å². The molecule has 0 aromatic heterocycles. The molecule has 0 saturated carbocycles. The van der Waals surface area contributed by atoms with Gasteiger partial charge in [-0.3, -0.25) is 9.11 Å². The fraction of sp³-hybridized carbons (Fsp3) is 0.800. The molecule has 1 rings (SSSR count). The standard InChI is InChI=1S/C10H19N2O4.3Na.2H2O4S/c1-7-9(13)6-8(12)10(16-7)15-5-4-14-3-2-11;;;;2*1-5(2,3)4/h6-10,12-13H,1-5,11H2;;;;2*(H2,1,2,3,4)/q-3;3*+1;;/p-2/t7?,8?,9-,10-;;;;;/m0...../s1. The first kappa shape index (κ1) is 41.7. The molecule has 160 valence electrons. The first-order valence-electron chi connectivity index (χ1n) is 6.63. The average Bonchev–Trinajstić information content (AvgIpc) is 2.40. The van der Waals surface area contributed by atoms with Gasteiger partial charge >= 0.3 is 88.7 Å². The Morgan fingerprint density at radius 1 is 1.07 bits per heavy atom. The van der Waals surface area contributed by atoms with Gasteiger partial charge in [0.1, 0.15) is 6.29 Å². The van der Waals surface area contributed by atoms with Crippen LogP contribution in [-0.4, -0.2) is 91.1 Å². The maximum absolute atomic E-state index is 9.35. The molecule has 0 aliphatic carbocycles. The molecule has 2 unspecified atom stereocenters. The molecular formula is C10H21N2Na3O12S2-2. The predicted molar refractivity (Wildman–Crippen MR) is 82.9 cm³/mol. The number of ether oxygens (including phenoxy) is 3. The maximum atomic E-state index is 9.35. The van der Waals surface area contributed by atoms with E-state index in [0.29, 0.717) is 26.4 Å². The van der Waals surface area contributed by atoms with Gasteiger partial charge in [0.25, 0.3) is 0 Å². The summed E-state index contributed by atoms with van der Waals surface area (Å²) in [5, 5.41) is 9.35. The van der Waals surface area contributed by atoms with E-state index in [0.717, 1.165) is 0 Å². The molecule has 14 nitrogen and oxygen atoms in total. The molecule has 0 radical (unpaired) electrons. The Bertz CT molecular complexity index is 522. The van der Waals surface area contributed by atoms with Gasteiger partial charge in [0.2, 0.25) is 20.8 Å². The van der Waals surface area contributed by atoms with E-state index in [2.05, 4.69) is 6.92 Å². The summed E-state index contributed by atoms with van der Waals surface area (Å²) in [5.41, 5.74) is 12.9. The molecule has 0 spiro atoms. The fourth-order valence-electron chi connectivity index (χ4n) is 1.32. The summed E-state index contributed by atoms with van der Waals surface area (Å²) in [7, 11) is -9.83. The summed E-state index contributed by atoms with van der Waals surface area (Å²) in [6, 6.07) is -0.706. The van der Waals surface area contributed by atoms with E-state index in [-0.39, 0.29) is 88.7 Å². The third-order valence-corrected chi connectivity index (χ3v) is 2.16. The van der Waals surface area contributed by atoms with Crippen LogP contribution >= 0.6 is 0 Å². The van der Waals surface area contributed by atoms with E-state index < -0.39 is 45.3 Å². The molecule has 1 aliphatic heterocycles. The van der Waals surface area contributed by atoms with Crippen molar-refractivity contribution in [3.05, 3.63) is 19.1 Å². The molecule has 4 atom stereocenters. The number of hydrogen-bond acceptors (Lipinski definition) is 11. The SMILES string of the molecule is O=S(=O)([O-])O.O=S(=O)([O-])O.[CH2-]C1O[C@H](OCCOCCN)C([NH-])[CH-][C@@H]1O.[Na+].[Na+].[Na+]. The number of aliphatic hydroxyl groups is 1. The van der Waals surface area contributed by atoms with Crippen molar-refractivity contribution in [2.75, 3.05) is 26.4 Å². The summed E-state index contributed by atoms with van der Waals surface area (Å²) in [5.74, 6) is 0. The van der Waals surface area contributed by atoms with Crippen LogP contribution in [0.15, 0.2) is 0 Å². The minimum atomic E-state index is -4.92. The molecule has 1 heterocycles. The van der Waals surface area contributed by atoms with E-state index in [4.69, 9.17) is 60.7 Å². The van der Waals surface area contributed by atoms with Gasteiger partial charge in [0.15, 0.2) is 0 Å². The van der Waals surface area contributed by atoms with Crippen molar-refractivity contribution in [1.82, 2.24) is 0 Å². The molecule has 1 fully saturated rings. The van der Waals surface area contributed by atoms with Gasteiger partial charge in [-0.1, -0.05) is 12.2 Å². The van der Waals surface area contributed by atoms with Crippen molar-refractivity contribution in [3.8, 4) is 0 Å². The molecule has 1 saturated heterocycles. The zero-order valence-electron chi connectivity index (χ0n) is 16.3. The number of nitrogens with one attached hydrogen (secondary N) is 1. The molecule has 19 heteroatoms. The van der Waals surface area contributed by atoms with Crippen LogP contribution in [0.2, 0.25) is 0 Å². The van der Waals surface area contributed by atoms with Gasteiger partial charge in [-0.05, 0) is 0 Å². The van der Waals surface area contributed by atoms with E-state index in [1.165, 1.54) is 6.42 Å². The Morgan fingerprint density at radius 2 is 1.48 bits per heavy atom. The van der Waals surface area contributed by atoms with Crippen molar-refractivity contribution < 1.29 is 143 Å². The third-order valence-electron chi connectivity index (χ3n) is 2.16. The Kier molecular flexibility index (Phi) is 32.1. The Morgan fingerprint density at radius 3 is 1.86 bits per heavy atom. The largest absolute Gasteiger partial charge is 1.00 e. The topological polar surface area (TPSA) is 253 Å². The van der Waals surface area contributed by atoms with Crippen molar-refractivity contribution in [3.63, 3.8) is 0 Å². The second-order valence-electron chi connectivity index (χ2n) is 4.38. The molecular weight excluding hydrogens is 473 g/mol. The zero-order chi connectivity index (χ0) is 21.0. The molecule has 29 heavy (non-hydrogen) atoms. The van der Waals surface area contributed by atoms with Crippen LogP contribution in [0.1, 0.15) is 0 Å². The zero-order valence-corrected chi connectivity index (χ0v) is 24.0. The van der Waals surface area contributed by atoms with Gasteiger partial charge in [-0.2, -0.15) is 0 Å². The number of nitrogens with two attached hydrogens (primary N) is 1. The van der Waals surface area contributed by atoms with E-state index in [1.54, 1.807) is 0 Å². The number of aliphatic hydroxyl groups excluding tert-OH is 1. The van der Waals surface area contributed by atoms with Gasteiger partial charge < -0.3 is 53.2 Å². The monoisotopic (exact) mass is 494 g/mol. The van der Waals surface area contributed by atoms with E-state index in [9.17, 15) is 5.11 Å². The summed E-state index contributed by atoms with van der Waals surface area (Å²) in [6.45, 7) is 5.31. The van der Waals surface area contributed by atoms with Crippen molar-refractivity contribution in [2.45, 2.75) is 24.5 Å². The Balaban J connectivity index is -0.000000125. The molecule has 0 aromatic carbocycles. The van der Waals surface area contributed by atoms with Crippen molar-refractivity contribution in [2.24, 2.45) is 5.73 Å². The minimum absolute atomic E-state index is 0. The number of hydrogen-bond donors (Lipinski definition) is 4. The molecule has 0 aromatic rings. The van der Waals surface area contributed by atoms with Crippen LogP contribution < -0.4 is 94.4 Å². The molecule has 0 amide bonds. The van der Waals surface area contributed by atoms with Gasteiger partial charge in [-0.25, -0.2) is 22.9 Å². The summed E-state index contributed by atoms with van der Waals surface area (Å²) >= 11 is 0. The summed E-state index contributed by atoms with van der Waals surface area (Å²) < 4.78 is 81.3. The van der Waals surface area contributed by atoms with Crippen molar-refractivity contribution in [1.29, 1.82) is 0 Å². The first-order valence-corrected chi connectivity index (χ1v) is 9.37. The Labute approximate surface area is 236 Å². The minimum Gasteiger partial charge on any atom is -0.726 e. The Hall–Kier alpha value is 2.50. The first-order chi connectivity index (χ1) is 11.6. The smallest absolute Gasteiger partial charge is 0.726 e. The van der Waals surface area contributed by atoms with Gasteiger partial charge in [-0.15, -0.1) is 0 Å². The predicted octanol–water partition coefficient (Wildman–Crippen LogP) is -11.5. The van der Waals surface area contributed by atoms with Gasteiger partial charge in [0, 0.05) is 6.54 Å². The molecule has 6 N–H and O–H groups in total. The van der Waals surface area contributed by atoms with Crippen LogP contribution in [0, 0.1) is 13.3 Å². The second kappa shape index (κ2) is 22.3. The fourth-order valence-corrected chi connectivity index (χ4v) is 1.32. The van der Waals surface area contributed by atoms with E-state index in [1.807, 2.05) is 0 Å². The van der Waals surface area contributed by atoms with Gasteiger partial charge in [0.05, 0.1) is 19.8 Å². The van der Waals surface area contributed by atoms with Crippen LogP contribution in [-0.2, 0) is 35.0 Å². The summed E-state index contributed by atoms with van der Waals surface area (Å²) in [4.78, 5) is 0. The van der Waals surface area contributed by atoms with Crippen LogP contribution in [0.3, 0.4) is 0 Å². The van der Waals surface area contributed by atoms with Crippen molar-refractivity contribution >= 4 is 20.8 Å². The second-order valence-corrected chi connectivity index (χ2v) is 6.09. The van der Waals surface area contributed by atoms with Crippen LogP contribution in [0.25, 0.3) is 5.73 Å². The maximum Gasteiger partial charge on any atom is 1.00 e. The quantitative estimate of drug-likeness (QED) is 0.0880. The van der Waals surface area contributed by atoms with E-state index >= 15 is 0 Å². The molecule has 1 aliphatic rings. The third kappa shape index (κ3) is 38.1. The molecule has 0 bridgehead atoms. The summed E-state index contributed by atoms with van der Waals surface area (Å²) in [6.07, 6.45) is -0.633.